The zero-order valence-corrected chi connectivity index (χ0v) is 16.6. The molecule has 3 atom stereocenters. The highest BCUT2D eigenvalue weighted by Gasteiger charge is 2.27. The molecule has 0 saturated heterocycles. The molecule has 1 aliphatic rings. The molecule has 4 nitrogen and oxygen atoms in total. The average Bonchev–Trinajstić information content (AvgIpc) is 2.68. The summed E-state index contributed by atoms with van der Waals surface area (Å²) in [6.07, 6.45) is 2.91. The summed E-state index contributed by atoms with van der Waals surface area (Å²) in [6.45, 7) is 2.29. The highest BCUT2D eigenvalue weighted by atomic mass is 19.1. The number of aliphatic hydroxyl groups is 1. The largest absolute Gasteiger partial charge is 0.391 e. The van der Waals surface area contributed by atoms with Gasteiger partial charge in [0, 0.05) is 18.7 Å². The Bertz CT molecular complexity index is 852. The van der Waals surface area contributed by atoms with Crippen molar-refractivity contribution in [2.45, 2.75) is 51.2 Å². The Hall–Kier alpha value is -2.31. The fourth-order valence-electron chi connectivity index (χ4n) is 4.09. The van der Waals surface area contributed by atoms with Gasteiger partial charge in [-0.05, 0) is 66.5 Å². The molecule has 3 rings (SSSR count). The quantitative estimate of drug-likeness (QED) is 0.635. The zero-order chi connectivity index (χ0) is 21.0. The summed E-state index contributed by atoms with van der Waals surface area (Å²) in [5.74, 6) is -3.07. The lowest BCUT2D eigenvalue weighted by Crippen LogP contribution is -2.42. The van der Waals surface area contributed by atoms with Crippen LogP contribution in [0.3, 0.4) is 0 Å². The SMILES string of the molecule is CCc1ccc2c(c1)[C@@H](NCC(O)C(Cc1cc(F)cc(F)c1)C(N)=O)CCC2. The second kappa shape index (κ2) is 9.46. The monoisotopic (exact) mass is 402 g/mol. The van der Waals surface area contributed by atoms with Crippen molar-refractivity contribution in [1.29, 1.82) is 0 Å². The van der Waals surface area contributed by atoms with Gasteiger partial charge in [0.15, 0.2) is 0 Å². The number of fused-ring (bicyclic) bond motifs is 1. The molecule has 2 aromatic rings. The molecule has 0 fully saturated rings. The fraction of sp³-hybridized carbons (Fsp3) is 0.435. The van der Waals surface area contributed by atoms with Gasteiger partial charge in [-0.15, -0.1) is 0 Å². The molecular weight excluding hydrogens is 374 g/mol. The van der Waals surface area contributed by atoms with Crippen LogP contribution in [0.5, 0.6) is 0 Å². The van der Waals surface area contributed by atoms with Crippen molar-refractivity contribution in [3.05, 3.63) is 70.3 Å². The molecule has 0 saturated carbocycles. The maximum atomic E-state index is 13.4. The van der Waals surface area contributed by atoms with E-state index in [0.717, 1.165) is 43.9 Å². The fourth-order valence-corrected chi connectivity index (χ4v) is 4.09. The van der Waals surface area contributed by atoms with Gasteiger partial charge in [-0.3, -0.25) is 4.79 Å². The molecule has 2 unspecified atom stereocenters. The molecule has 1 aliphatic carbocycles. The molecule has 4 N–H and O–H groups in total. The van der Waals surface area contributed by atoms with Crippen LogP contribution >= 0.6 is 0 Å². The molecule has 156 valence electrons. The molecule has 0 spiro atoms. The lowest BCUT2D eigenvalue weighted by atomic mass is 9.85. The highest BCUT2D eigenvalue weighted by Crippen LogP contribution is 2.31. The second-order valence-corrected chi connectivity index (χ2v) is 7.80. The number of carbonyl (C=O) groups excluding carboxylic acids is 1. The van der Waals surface area contributed by atoms with Crippen molar-refractivity contribution in [2.24, 2.45) is 11.7 Å². The Kier molecular flexibility index (Phi) is 6.98. The standard InChI is InChI=1S/C23H28F2N2O2/c1-2-14-6-7-16-4-3-5-21(19(16)10-14)27-13-22(28)20(23(26)29)11-15-8-17(24)12-18(25)9-15/h6-10,12,20-22,27-28H,2-5,11,13H2,1H3,(H2,26,29)/t20?,21-,22?/m0/s1. The number of nitrogens with one attached hydrogen (secondary N) is 1. The van der Waals surface area contributed by atoms with E-state index in [1.54, 1.807) is 0 Å². The van der Waals surface area contributed by atoms with Gasteiger partial charge in [-0.1, -0.05) is 25.1 Å². The predicted molar refractivity (Wildman–Crippen MR) is 108 cm³/mol. The third-order valence-electron chi connectivity index (χ3n) is 5.71. The first-order valence-corrected chi connectivity index (χ1v) is 10.1. The lowest BCUT2D eigenvalue weighted by molar-refractivity contribution is -0.125. The lowest BCUT2D eigenvalue weighted by Gasteiger charge is -2.29. The minimum Gasteiger partial charge on any atom is -0.391 e. The van der Waals surface area contributed by atoms with Gasteiger partial charge in [0.2, 0.25) is 5.91 Å². The third kappa shape index (κ3) is 5.40. The number of hydrogen-bond acceptors (Lipinski definition) is 3. The summed E-state index contributed by atoms with van der Waals surface area (Å²) < 4.78 is 26.9. The van der Waals surface area contributed by atoms with Crippen molar-refractivity contribution in [1.82, 2.24) is 5.32 Å². The Labute approximate surface area is 170 Å². The number of aliphatic hydroxyl groups excluding tert-OH is 1. The Morgan fingerprint density at radius 1 is 1.21 bits per heavy atom. The van der Waals surface area contributed by atoms with E-state index in [1.165, 1.54) is 16.7 Å². The van der Waals surface area contributed by atoms with Crippen molar-refractivity contribution in [2.75, 3.05) is 6.54 Å². The van der Waals surface area contributed by atoms with Crippen LogP contribution in [0.15, 0.2) is 36.4 Å². The molecule has 6 heteroatoms. The van der Waals surface area contributed by atoms with Crippen LogP contribution in [0, 0.1) is 17.6 Å². The van der Waals surface area contributed by atoms with Gasteiger partial charge >= 0.3 is 0 Å². The van der Waals surface area contributed by atoms with E-state index in [4.69, 9.17) is 5.73 Å². The summed E-state index contributed by atoms with van der Waals surface area (Å²) >= 11 is 0. The molecule has 0 bridgehead atoms. The van der Waals surface area contributed by atoms with Gasteiger partial charge in [-0.2, -0.15) is 0 Å². The highest BCUT2D eigenvalue weighted by molar-refractivity contribution is 5.77. The molecular formula is C23H28F2N2O2. The number of halogens is 2. The number of benzene rings is 2. The number of carbonyl (C=O) groups is 1. The topological polar surface area (TPSA) is 75.3 Å². The van der Waals surface area contributed by atoms with E-state index in [1.807, 2.05) is 0 Å². The minimum atomic E-state index is -1.06. The van der Waals surface area contributed by atoms with E-state index >= 15 is 0 Å². The number of primary amides is 1. The van der Waals surface area contributed by atoms with E-state index < -0.39 is 29.6 Å². The summed E-state index contributed by atoms with van der Waals surface area (Å²) in [5.41, 5.74) is 9.58. The smallest absolute Gasteiger partial charge is 0.223 e. The number of rotatable bonds is 8. The van der Waals surface area contributed by atoms with Crippen LogP contribution in [-0.4, -0.2) is 23.7 Å². The van der Waals surface area contributed by atoms with Gasteiger partial charge in [0.05, 0.1) is 12.0 Å². The number of amides is 1. The van der Waals surface area contributed by atoms with Gasteiger partial charge in [0.25, 0.3) is 0 Å². The third-order valence-corrected chi connectivity index (χ3v) is 5.71. The average molecular weight is 402 g/mol. The summed E-state index contributed by atoms with van der Waals surface area (Å²) in [4.78, 5) is 11.9. The van der Waals surface area contributed by atoms with Crippen molar-refractivity contribution < 1.29 is 18.7 Å². The van der Waals surface area contributed by atoms with Crippen LogP contribution < -0.4 is 11.1 Å². The Morgan fingerprint density at radius 2 is 1.93 bits per heavy atom. The van der Waals surface area contributed by atoms with Crippen molar-refractivity contribution in [3.8, 4) is 0 Å². The Morgan fingerprint density at radius 3 is 2.59 bits per heavy atom. The van der Waals surface area contributed by atoms with Gasteiger partial charge in [-0.25, -0.2) is 8.78 Å². The van der Waals surface area contributed by atoms with E-state index in [2.05, 4.69) is 30.4 Å². The van der Waals surface area contributed by atoms with Gasteiger partial charge in [0.1, 0.15) is 11.6 Å². The van der Waals surface area contributed by atoms with Crippen LogP contribution in [0.2, 0.25) is 0 Å². The zero-order valence-electron chi connectivity index (χ0n) is 16.6. The van der Waals surface area contributed by atoms with Crippen molar-refractivity contribution >= 4 is 5.91 Å². The molecule has 2 aromatic carbocycles. The van der Waals surface area contributed by atoms with E-state index in [9.17, 15) is 18.7 Å². The number of hydrogen-bond donors (Lipinski definition) is 3. The normalized spacial score (nSPS) is 18.1. The van der Waals surface area contributed by atoms with Crippen LogP contribution in [0.1, 0.15) is 48.1 Å². The summed E-state index contributed by atoms with van der Waals surface area (Å²) in [6, 6.07) is 9.71. The molecule has 29 heavy (non-hydrogen) atoms. The first-order valence-electron chi connectivity index (χ1n) is 10.1. The van der Waals surface area contributed by atoms with E-state index in [0.29, 0.717) is 5.56 Å². The number of aryl methyl sites for hydroxylation is 2. The van der Waals surface area contributed by atoms with Crippen LogP contribution in [0.25, 0.3) is 0 Å². The first kappa shape index (κ1) is 21.4. The summed E-state index contributed by atoms with van der Waals surface area (Å²) in [5, 5.41) is 14.0. The van der Waals surface area contributed by atoms with Crippen molar-refractivity contribution in [3.63, 3.8) is 0 Å². The maximum absolute atomic E-state index is 13.4. The van der Waals surface area contributed by atoms with E-state index in [-0.39, 0.29) is 19.0 Å². The second-order valence-electron chi connectivity index (χ2n) is 7.80. The van der Waals surface area contributed by atoms with Gasteiger partial charge < -0.3 is 16.2 Å². The predicted octanol–water partition coefficient (Wildman–Crippen LogP) is 3.20. The number of nitrogens with two attached hydrogens (primary N) is 1. The molecule has 0 aromatic heterocycles. The minimum absolute atomic E-state index is 0.0197. The first-order chi connectivity index (χ1) is 13.9. The maximum Gasteiger partial charge on any atom is 0.223 e. The Balaban J connectivity index is 1.68. The molecule has 0 heterocycles. The molecule has 1 amide bonds. The molecule has 0 aliphatic heterocycles. The summed E-state index contributed by atoms with van der Waals surface area (Å²) in [7, 11) is 0. The molecule has 0 radical (unpaired) electrons. The van der Waals surface area contributed by atoms with Crippen LogP contribution in [-0.2, 0) is 24.1 Å². The van der Waals surface area contributed by atoms with Crippen LogP contribution in [0.4, 0.5) is 8.78 Å².